The predicted octanol–water partition coefficient (Wildman–Crippen LogP) is 6.90. The summed E-state index contributed by atoms with van der Waals surface area (Å²) in [5.41, 5.74) is 4.92. The smallest absolute Gasteiger partial charge is 0.234 e. The molecular formula is C29H25BrN2O3. The number of ether oxygens (including phenoxy) is 2. The van der Waals surface area contributed by atoms with E-state index in [2.05, 4.69) is 21.2 Å². The lowest BCUT2D eigenvalue weighted by molar-refractivity contribution is -0.119. The number of fused-ring (bicyclic) bond motifs is 1. The summed E-state index contributed by atoms with van der Waals surface area (Å²) in [4.78, 5) is 17.2. The molecule has 1 aliphatic rings. The molecule has 0 radical (unpaired) electrons. The van der Waals surface area contributed by atoms with Crippen molar-refractivity contribution in [2.24, 2.45) is 0 Å². The van der Waals surface area contributed by atoms with Crippen molar-refractivity contribution in [2.45, 2.75) is 32.5 Å². The second kappa shape index (κ2) is 9.55. The minimum absolute atomic E-state index is 0.0197. The van der Waals surface area contributed by atoms with E-state index >= 15 is 0 Å². The van der Waals surface area contributed by atoms with Crippen LogP contribution < -0.4 is 14.8 Å². The molecule has 0 spiro atoms. The van der Waals surface area contributed by atoms with Crippen LogP contribution in [0.2, 0.25) is 0 Å². The SMILES string of the molecule is CC1(C)C(=O)Nc2ccc(-c3ccc(OCc4ccccc4)nc3OCc3ccccc3)c(Br)c21. The zero-order valence-electron chi connectivity index (χ0n) is 19.5. The average Bonchev–Trinajstić information content (AvgIpc) is 3.11. The maximum Gasteiger partial charge on any atom is 0.234 e. The Morgan fingerprint density at radius 2 is 1.40 bits per heavy atom. The number of anilines is 1. The van der Waals surface area contributed by atoms with Gasteiger partial charge >= 0.3 is 0 Å². The number of pyridine rings is 1. The molecule has 0 aliphatic carbocycles. The lowest BCUT2D eigenvalue weighted by atomic mass is 9.85. The standard InChI is InChI=1S/C29H25BrN2O3/c1-29(2)25-23(31-28(29)33)15-13-21(26(25)30)22-14-16-24(34-17-19-9-5-3-6-10-19)32-27(22)35-18-20-11-7-4-8-12-20/h3-16H,17-18H2,1-2H3,(H,31,33). The summed E-state index contributed by atoms with van der Waals surface area (Å²) >= 11 is 3.78. The van der Waals surface area contributed by atoms with Gasteiger partial charge < -0.3 is 14.8 Å². The van der Waals surface area contributed by atoms with Crippen LogP contribution in [-0.4, -0.2) is 10.9 Å². The van der Waals surface area contributed by atoms with E-state index in [4.69, 9.17) is 14.5 Å². The van der Waals surface area contributed by atoms with Crippen molar-refractivity contribution in [2.75, 3.05) is 5.32 Å². The van der Waals surface area contributed by atoms with E-state index in [1.54, 1.807) is 0 Å². The van der Waals surface area contributed by atoms with Crippen LogP contribution in [0, 0.1) is 0 Å². The Hall–Kier alpha value is -3.64. The summed E-state index contributed by atoms with van der Waals surface area (Å²) < 4.78 is 13.0. The number of aromatic nitrogens is 1. The van der Waals surface area contributed by atoms with E-state index in [9.17, 15) is 4.79 Å². The monoisotopic (exact) mass is 528 g/mol. The number of halogens is 1. The van der Waals surface area contributed by atoms with Crippen molar-refractivity contribution in [3.05, 3.63) is 106 Å². The van der Waals surface area contributed by atoms with Crippen molar-refractivity contribution < 1.29 is 14.3 Å². The number of hydrogen-bond acceptors (Lipinski definition) is 4. The summed E-state index contributed by atoms with van der Waals surface area (Å²) in [6, 6.07) is 27.6. The topological polar surface area (TPSA) is 60.5 Å². The number of nitrogens with one attached hydrogen (secondary N) is 1. The molecule has 35 heavy (non-hydrogen) atoms. The van der Waals surface area contributed by atoms with E-state index < -0.39 is 5.41 Å². The van der Waals surface area contributed by atoms with Gasteiger partial charge in [0, 0.05) is 32.9 Å². The van der Waals surface area contributed by atoms with Crippen molar-refractivity contribution in [1.82, 2.24) is 4.98 Å². The molecule has 1 N–H and O–H groups in total. The Morgan fingerprint density at radius 3 is 2.06 bits per heavy atom. The minimum atomic E-state index is -0.651. The first-order chi connectivity index (χ1) is 16.9. The number of benzene rings is 3. The van der Waals surface area contributed by atoms with Crippen LogP contribution in [0.4, 0.5) is 5.69 Å². The van der Waals surface area contributed by atoms with Gasteiger partial charge in [-0.2, -0.15) is 4.98 Å². The molecule has 0 bridgehead atoms. The van der Waals surface area contributed by atoms with Gasteiger partial charge in [0.15, 0.2) is 0 Å². The largest absolute Gasteiger partial charge is 0.473 e. The highest BCUT2D eigenvalue weighted by molar-refractivity contribution is 9.10. The van der Waals surface area contributed by atoms with Crippen molar-refractivity contribution in [3.8, 4) is 22.9 Å². The second-order valence-electron chi connectivity index (χ2n) is 8.98. The number of carbonyl (C=O) groups excluding carboxylic acids is 1. The van der Waals surface area contributed by atoms with Gasteiger partial charge in [0.1, 0.15) is 13.2 Å². The molecule has 1 aliphatic heterocycles. The molecule has 2 heterocycles. The Kier molecular flexibility index (Phi) is 6.31. The molecule has 0 fully saturated rings. The highest BCUT2D eigenvalue weighted by Crippen LogP contribution is 2.47. The fourth-order valence-electron chi connectivity index (χ4n) is 4.17. The minimum Gasteiger partial charge on any atom is -0.473 e. The summed E-state index contributed by atoms with van der Waals surface area (Å²) in [7, 11) is 0. The molecule has 5 nitrogen and oxygen atoms in total. The third-order valence-electron chi connectivity index (χ3n) is 6.16. The van der Waals surface area contributed by atoms with E-state index in [1.165, 1.54) is 0 Å². The molecule has 0 unspecified atom stereocenters. The summed E-state index contributed by atoms with van der Waals surface area (Å²) in [6.45, 7) is 4.63. The highest BCUT2D eigenvalue weighted by atomic mass is 79.9. The van der Waals surface area contributed by atoms with E-state index in [0.717, 1.165) is 38.0 Å². The first-order valence-electron chi connectivity index (χ1n) is 11.4. The second-order valence-corrected chi connectivity index (χ2v) is 9.77. The molecule has 1 aromatic heterocycles. The van der Waals surface area contributed by atoms with Crippen LogP contribution in [-0.2, 0) is 23.4 Å². The lowest BCUT2D eigenvalue weighted by Crippen LogP contribution is -2.27. The Balaban J connectivity index is 1.51. The van der Waals surface area contributed by atoms with E-state index in [1.807, 2.05) is 98.8 Å². The zero-order chi connectivity index (χ0) is 24.4. The van der Waals surface area contributed by atoms with Gasteiger partial charge in [-0.05, 0) is 53.0 Å². The van der Waals surface area contributed by atoms with Gasteiger partial charge in [-0.3, -0.25) is 4.79 Å². The summed E-state index contributed by atoms with van der Waals surface area (Å²) in [5.74, 6) is 0.930. The fraction of sp³-hybridized carbons (Fsp3) is 0.172. The van der Waals surface area contributed by atoms with Crippen LogP contribution in [0.15, 0.2) is 89.4 Å². The van der Waals surface area contributed by atoms with Gasteiger partial charge in [0.2, 0.25) is 17.7 Å². The van der Waals surface area contributed by atoms with Crippen molar-refractivity contribution in [1.29, 1.82) is 0 Å². The zero-order valence-corrected chi connectivity index (χ0v) is 21.1. The molecule has 6 heteroatoms. The Bertz CT molecular complexity index is 1370. The third kappa shape index (κ3) is 4.66. The van der Waals surface area contributed by atoms with Crippen LogP contribution >= 0.6 is 15.9 Å². The number of nitrogens with zero attached hydrogens (tertiary/aromatic N) is 1. The number of carbonyl (C=O) groups is 1. The van der Waals surface area contributed by atoms with Crippen LogP contribution in [0.5, 0.6) is 11.8 Å². The molecule has 1 amide bonds. The Labute approximate surface area is 213 Å². The quantitative estimate of drug-likeness (QED) is 0.283. The predicted molar refractivity (Wildman–Crippen MR) is 141 cm³/mol. The van der Waals surface area contributed by atoms with Gasteiger partial charge in [-0.15, -0.1) is 0 Å². The maximum atomic E-state index is 12.5. The molecule has 4 aromatic rings. The van der Waals surface area contributed by atoms with Crippen LogP contribution in [0.1, 0.15) is 30.5 Å². The molecule has 0 saturated heterocycles. The number of amides is 1. The van der Waals surface area contributed by atoms with E-state index in [0.29, 0.717) is 25.0 Å². The fourth-order valence-corrected chi connectivity index (χ4v) is 5.22. The molecular weight excluding hydrogens is 504 g/mol. The summed E-state index contributed by atoms with van der Waals surface area (Å²) in [6.07, 6.45) is 0. The maximum absolute atomic E-state index is 12.5. The molecule has 176 valence electrons. The molecule has 0 saturated carbocycles. The van der Waals surface area contributed by atoms with Gasteiger partial charge in [-0.1, -0.05) is 66.7 Å². The molecule has 0 atom stereocenters. The first-order valence-corrected chi connectivity index (χ1v) is 12.2. The summed E-state index contributed by atoms with van der Waals surface area (Å²) in [5, 5.41) is 2.97. The van der Waals surface area contributed by atoms with Gasteiger partial charge in [0.25, 0.3) is 0 Å². The molecule has 3 aromatic carbocycles. The highest BCUT2D eigenvalue weighted by Gasteiger charge is 2.40. The van der Waals surface area contributed by atoms with Crippen LogP contribution in [0.3, 0.4) is 0 Å². The van der Waals surface area contributed by atoms with Gasteiger partial charge in [0.05, 0.1) is 5.41 Å². The number of hydrogen-bond donors (Lipinski definition) is 1. The van der Waals surface area contributed by atoms with Crippen molar-refractivity contribution in [3.63, 3.8) is 0 Å². The van der Waals surface area contributed by atoms with Crippen molar-refractivity contribution >= 4 is 27.5 Å². The lowest BCUT2D eigenvalue weighted by Gasteiger charge is -2.20. The van der Waals surface area contributed by atoms with Gasteiger partial charge in [-0.25, -0.2) is 0 Å². The van der Waals surface area contributed by atoms with E-state index in [-0.39, 0.29) is 5.91 Å². The third-order valence-corrected chi connectivity index (χ3v) is 6.98. The Morgan fingerprint density at radius 1 is 0.800 bits per heavy atom. The number of rotatable bonds is 7. The average molecular weight is 529 g/mol. The first kappa shape index (κ1) is 23.1. The van der Waals surface area contributed by atoms with Crippen LogP contribution in [0.25, 0.3) is 11.1 Å². The normalized spacial score (nSPS) is 13.7. The molecule has 5 rings (SSSR count).